The summed E-state index contributed by atoms with van der Waals surface area (Å²) in [6.07, 6.45) is 34.9. The van der Waals surface area contributed by atoms with Crippen LogP contribution < -0.4 is 29.9 Å². The number of allylic oxidation sites excluding steroid dienone is 2. The fraction of sp³-hybridized carbons (Fsp3) is 0.156. The van der Waals surface area contributed by atoms with Gasteiger partial charge in [-0.1, -0.05) is 88.9 Å². The zero-order valence-electron chi connectivity index (χ0n) is 72.5. The first-order chi connectivity index (χ1) is 65.2. The van der Waals surface area contributed by atoms with Crippen LogP contribution in [0.4, 0.5) is 17.5 Å². The lowest BCUT2D eigenvalue weighted by Gasteiger charge is -2.37. The highest BCUT2D eigenvalue weighted by atomic mass is 35.5. The zero-order chi connectivity index (χ0) is 94.3. The summed E-state index contributed by atoms with van der Waals surface area (Å²) >= 11 is 23.2. The summed E-state index contributed by atoms with van der Waals surface area (Å²) < 4.78 is 13.6. The summed E-state index contributed by atoms with van der Waals surface area (Å²) in [4.78, 5) is 144. The number of aryl methyl sites for hydroxylation is 2. The standard InChI is InChI=1S/C25H22N10O3.C13H11N5O4.C12H10ClN3.C12H13N5.C12H11N5.C9H6ClN3.C7H6Cl2N2/c1-14-31-13-34(32-14)24-21-19(18(38-3)11-28-24)16(10-27-21)22(36)25(37)35-9-7-15-20(17-6-4-5-8-26-17)29-12-30-23(15)33(35)2;1-6-16-5-18(17-6)12-10-9(8(22-2)4-15-12)7(3-14-10)11(19)13(20)21;1-2-5-9-11(15-8-16-12(9)13)10-6-3-4-7-14-10;2*1-17-12-9(5-7-16-17)11(14-8-15-12)10-4-2-3-6-13-10;10-9-5-8(12-6-13-9)7-3-1-2-4-11-7;1-2-3-5-6(8)10-4-11-7(5)9/h4-6,8,10-13,27H,7,9H2,1-3H3;3-5,14H,1-2H3,(H,20,21);2-4,6-8H,1,5H2;2-4,6,8,16H,5,7H2,1H3;2-4,6-8H,5H2,1H3;1-6H;2,4H,1,3H2. The van der Waals surface area contributed by atoms with E-state index in [1.54, 1.807) is 92.8 Å². The number of rotatable bonds is 17. The first-order valence-electron chi connectivity index (χ1n) is 40.5. The fourth-order valence-electron chi connectivity index (χ4n) is 13.9. The van der Waals surface area contributed by atoms with Gasteiger partial charge in [-0.25, -0.2) is 104 Å². The second kappa shape index (κ2) is 44.2. The van der Waals surface area contributed by atoms with Gasteiger partial charge in [-0.05, 0) is 100 Å². The van der Waals surface area contributed by atoms with Gasteiger partial charge < -0.3 is 24.5 Å². The molecule has 0 saturated heterocycles. The molecule has 40 nitrogen and oxygen atoms in total. The van der Waals surface area contributed by atoms with E-state index in [-0.39, 0.29) is 17.7 Å². The monoisotopic (exact) mass is 1870 g/mol. The number of aliphatic carboxylic acids is 1. The van der Waals surface area contributed by atoms with Gasteiger partial charge in [-0.15, -0.1) is 13.2 Å². The number of pyridine rings is 7. The molecule has 17 aromatic heterocycles. The number of carboxylic acids is 1. The van der Waals surface area contributed by atoms with Crippen LogP contribution in [0, 0.1) is 13.8 Å². The maximum atomic E-state index is 13.6. The molecule has 0 aliphatic carbocycles. The lowest BCUT2D eigenvalue weighted by molar-refractivity contribution is -0.131. The van der Waals surface area contributed by atoms with Crippen LogP contribution in [0.3, 0.4) is 0 Å². The Hall–Kier alpha value is -16.6. The predicted octanol–water partition coefficient (Wildman–Crippen LogP) is 12.8. The van der Waals surface area contributed by atoms with Gasteiger partial charge in [0.25, 0.3) is 11.6 Å². The first-order valence-corrected chi connectivity index (χ1v) is 42.1. The Bertz CT molecular complexity index is 7070. The van der Waals surface area contributed by atoms with Crippen LogP contribution in [-0.4, -0.2) is 222 Å². The van der Waals surface area contributed by atoms with Gasteiger partial charge >= 0.3 is 11.9 Å². The summed E-state index contributed by atoms with van der Waals surface area (Å²) in [5.74, 6) is 0.935. The quantitative estimate of drug-likeness (QED) is 0.0285. The number of carbonyl (C=O) groups is 4. The molecule has 17 aromatic rings. The molecule has 0 aromatic carbocycles. The summed E-state index contributed by atoms with van der Waals surface area (Å²) in [6, 6.07) is 30.2. The number of amides is 1. The molecule has 134 heavy (non-hydrogen) atoms. The van der Waals surface area contributed by atoms with Crippen LogP contribution in [0.1, 0.15) is 60.2 Å². The Balaban J connectivity index is 0.000000131. The van der Waals surface area contributed by atoms with Gasteiger partial charge in [0.1, 0.15) is 100 Å². The van der Waals surface area contributed by atoms with Crippen molar-refractivity contribution in [1.29, 1.82) is 0 Å². The maximum absolute atomic E-state index is 13.6. The highest BCUT2D eigenvalue weighted by Gasteiger charge is 2.36. The first kappa shape index (κ1) is 93.6. The summed E-state index contributed by atoms with van der Waals surface area (Å²) in [7, 11) is 8.44. The molecule has 0 saturated carbocycles. The molecule has 3 aliphatic heterocycles. The number of aromatic amines is 2. The number of halogens is 4. The summed E-state index contributed by atoms with van der Waals surface area (Å²) in [6.45, 7) is 11.9. The van der Waals surface area contributed by atoms with Crippen molar-refractivity contribution in [2.45, 2.75) is 46.0 Å². The Labute approximate surface area is 783 Å². The average Bonchev–Trinajstić information content (AvgIpc) is 1.45. The molecule has 0 atom stereocenters. The number of Topliss-reactive ketones (excluding diaryl/α,β-unsaturated/α-hetero) is 2. The normalized spacial score (nSPS) is 12.0. The van der Waals surface area contributed by atoms with Crippen molar-refractivity contribution in [3.05, 3.63) is 300 Å². The highest BCUT2D eigenvalue weighted by Crippen LogP contribution is 2.37. The van der Waals surface area contributed by atoms with Gasteiger partial charge in [-0.3, -0.25) is 54.3 Å². The number of carboxylic acid groups (broad SMARTS) is 1. The van der Waals surface area contributed by atoms with E-state index in [1.165, 1.54) is 91.3 Å². The van der Waals surface area contributed by atoms with E-state index in [9.17, 15) is 19.2 Å². The minimum Gasteiger partial charge on any atom is -0.494 e. The third-order valence-electron chi connectivity index (χ3n) is 20.0. The molecular formula is C90H79Cl4N33O7. The number of aromatic nitrogens is 27. The van der Waals surface area contributed by atoms with Crippen molar-refractivity contribution >= 4 is 115 Å². The minimum absolute atomic E-state index is 0.000151. The van der Waals surface area contributed by atoms with Crippen LogP contribution in [0.5, 0.6) is 11.5 Å². The molecule has 44 heteroatoms. The third-order valence-corrected chi connectivity index (χ3v) is 21.2. The number of fused-ring (bicyclic) bond motifs is 5. The van der Waals surface area contributed by atoms with Crippen LogP contribution in [0.2, 0.25) is 20.6 Å². The maximum Gasteiger partial charge on any atom is 0.377 e. The van der Waals surface area contributed by atoms with E-state index in [0.29, 0.717) is 114 Å². The number of hydrogen-bond donors (Lipinski definition) is 4. The van der Waals surface area contributed by atoms with Crippen LogP contribution in [0.25, 0.3) is 90.4 Å². The molecule has 0 spiro atoms. The number of methoxy groups -OCH3 is 2. The number of ketones is 2. The van der Waals surface area contributed by atoms with E-state index in [0.717, 1.165) is 104 Å². The summed E-state index contributed by atoms with van der Waals surface area (Å²) in [5, 5.41) is 30.7. The number of anilines is 3. The molecule has 4 N–H and O–H groups in total. The Morgan fingerprint density at radius 2 is 0.910 bits per heavy atom. The molecule has 674 valence electrons. The van der Waals surface area contributed by atoms with Crippen molar-refractivity contribution in [3.63, 3.8) is 0 Å². The number of carbonyl (C=O) groups excluding carboxylic acids is 3. The van der Waals surface area contributed by atoms with E-state index in [4.69, 9.17) is 61.0 Å². The SMILES string of the molecule is C=CCc1c(Cl)ncnc1-c1ccccn1.C=CCc1c(Cl)ncnc1Cl.CN1N=CCc2c(-c3ccccn3)ncnc21.CN1NCCc2c(-c3ccccn3)ncnc21.COc1cnc(-n2cnc(C)n2)c2[nH]cc(C(=O)C(=O)N3CCc4c(-c5ccccn5)ncnc4N3C)c12.COc1cnc(-n2cnc(C)n2)c2[nH]cc(C(=O)C(=O)O)c12.Clc1cc(-c2ccccn2)ncn1. The van der Waals surface area contributed by atoms with Gasteiger partial charge in [0.05, 0.1) is 116 Å². The highest BCUT2D eigenvalue weighted by molar-refractivity contribution is 6.45. The minimum atomic E-state index is -1.54. The lowest BCUT2D eigenvalue weighted by Crippen LogP contribution is -2.51. The number of hydrogen-bond acceptors (Lipinski definition) is 34. The molecule has 20 rings (SSSR count). The second-order valence-electron chi connectivity index (χ2n) is 28.4. The lowest BCUT2D eigenvalue weighted by atomic mass is 10.0. The zero-order valence-corrected chi connectivity index (χ0v) is 75.5. The van der Waals surface area contributed by atoms with Gasteiger partial charge in [-0.2, -0.15) is 15.3 Å². The number of nitrogens with zero attached hydrogens (tertiary/aromatic N) is 30. The molecule has 0 radical (unpaired) electrons. The topological polar surface area (TPSA) is 482 Å². The van der Waals surface area contributed by atoms with Gasteiger partial charge in [0, 0.05) is 124 Å². The van der Waals surface area contributed by atoms with Crippen molar-refractivity contribution in [3.8, 4) is 80.1 Å². The van der Waals surface area contributed by atoms with Crippen LogP contribution in [0.15, 0.2) is 234 Å². The fourth-order valence-corrected chi connectivity index (χ4v) is 14.7. The van der Waals surface area contributed by atoms with Gasteiger partial charge in [0.15, 0.2) is 23.3 Å². The molecule has 0 unspecified atom stereocenters. The third kappa shape index (κ3) is 21.6. The second-order valence-corrected chi connectivity index (χ2v) is 29.8. The van der Waals surface area contributed by atoms with Gasteiger partial charge in [0.2, 0.25) is 0 Å². The molecule has 3 aliphatic rings. The molecule has 20 heterocycles. The van der Waals surface area contributed by atoms with Crippen LogP contribution in [-0.2, 0) is 41.7 Å². The van der Waals surface area contributed by atoms with Crippen LogP contribution >= 0.6 is 46.4 Å². The van der Waals surface area contributed by atoms with E-state index >= 15 is 0 Å². The smallest absolute Gasteiger partial charge is 0.377 e. The predicted molar refractivity (Wildman–Crippen MR) is 502 cm³/mol. The van der Waals surface area contributed by atoms with Crippen molar-refractivity contribution < 1.29 is 33.8 Å². The molecular weight excluding hydrogens is 1800 g/mol. The molecule has 1 amide bonds. The largest absolute Gasteiger partial charge is 0.494 e. The Kier molecular flexibility index (Phi) is 30.8. The number of H-pyrrole nitrogens is 2. The van der Waals surface area contributed by atoms with E-state index in [1.807, 2.05) is 116 Å². The Morgan fingerprint density at radius 3 is 1.39 bits per heavy atom. The summed E-state index contributed by atoms with van der Waals surface area (Å²) in [5.41, 5.74) is 17.1. The van der Waals surface area contributed by atoms with E-state index < -0.39 is 23.4 Å². The Morgan fingerprint density at radius 1 is 0.470 bits per heavy atom. The van der Waals surface area contributed by atoms with Crippen molar-refractivity contribution in [1.82, 2.24) is 145 Å². The number of hydrazone groups is 1. The van der Waals surface area contributed by atoms with E-state index in [2.05, 4.69) is 149 Å². The molecule has 0 fully saturated rings. The number of nitrogens with one attached hydrogen (secondary N) is 3. The van der Waals surface area contributed by atoms with Crippen molar-refractivity contribution in [2.75, 3.05) is 63.5 Å². The molecule has 0 bridgehead atoms. The number of ether oxygens (including phenoxy) is 2. The van der Waals surface area contributed by atoms with Crippen molar-refractivity contribution in [2.24, 2.45) is 5.10 Å². The number of hydrazine groups is 2. The average molecular weight is 1880 g/mol.